The van der Waals surface area contributed by atoms with Gasteiger partial charge < -0.3 is 9.80 Å². The Morgan fingerprint density at radius 3 is 2.38 bits per heavy atom. The summed E-state index contributed by atoms with van der Waals surface area (Å²) in [5.74, 6) is 0.457. The topological polar surface area (TPSA) is 36.4 Å². The Hall–Kier alpha value is -1.20. The highest BCUT2D eigenvalue weighted by Crippen LogP contribution is 2.31. The minimum Gasteiger partial charge on any atom is -0.335 e. The lowest BCUT2D eigenvalue weighted by molar-refractivity contribution is -0.126. The molecule has 1 aromatic heterocycles. The number of nitrogens with zero attached hydrogens (tertiary/aromatic N) is 3. The minimum absolute atomic E-state index is 0.0308. The maximum atomic E-state index is 12.2. The lowest BCUT2D eigenvalue weighted by Crippen LogP contribution is -2.28. The van der Waals surface area contributed by atoms with Crippen LogP contribution in [0.25, 0.3) is 0 Å². The van der Waals surface area contributed by atoms with E-state index in [1.807, 2.05) is 39.0 Å². The third kappa shape index (κ3) is 4.93. The molecule has 0 saturated carbocycles. The monoisotopic (exact) mass is 309 g/mol. The van der Waals surface area contributed by atoms with E-state index in [-0.39, 0.29) is 11.9 Å². The number of aryl methyl sites for hydroxylation is 1. The van der Waals surface area contributed by atoms with Crippen molar-refractivity contribution in [2.24, 2.45) is 0 Å². The lowest BCUT2D eigenvalue weighted by Gasteiger charge is -2.23. The molecule has 1 atom stereocenters. The van der Waals surface area contributed by atoms with E-state index in [1.165, 1.54) is 4.88 Å². The average Bonchev–Trinajstić information content (AvgIpc) is 2.78. The van der Waals surface area contributed by atoms with Gasteiger partial charge in [0.25, 0.3) is 0 Å². The summed E-state index contributed by atoms with van der Waals surface area (Å²) < 4.78 is 0. The number of aromatic nitrogens is 1. The van der Waals surface area contributed by atoms with Crippen LogP contribution in [0.3, 0.4) is 0 Å². The number of hydrogen-bond acceptors (Lipinski definition) is 4. The Morgan fingerprint density at radius 2 is 1.90 bits per heavy atom. The number of carbonyl (C=O) groups is 1. The minimum atomic E-state index is 0.0308. The molecule has 1 amide bonds. The lowest BCUT2D eigenvalue weighted by atomic mass is 10.2. The standard InChI is InChI=1S/C16H27N3OS/c1-11(2)16-17-12(3)15(21-16)13(4)19(7)14(20)9-8-10-18(5)6/h8-9,11,13H,10H2,1-7H3/b9-8+. The molecule has 0 saturated heterocycles. The van der Waals surface area contributed by atoms with E-state index in [0.717, 1.165) is 17.2 Å². The summed E-state index contributed by atoms with van der Waals surface area (Å²) in [6, 6.07) is 0.0477. The molecule has 4 nitrogen and oxygen atoms in total. The fourth-order valence-corrected chi connectivity index (χ4v) is 3.08. The molecule has 1 heterocycles. The van der Waals surface area contributed by atoms with Crippen LogP contribution in [-0.2, 0) is 4.79 Å². The van der Waals surface area contributed by atoms with Gasteiger partial charge in [-0.1, -0.05) is 19.9 Å². The molecule has 0 aliphatic heterocycles. The van der Waals surface area contributed by atoms with Crippen molar-refractivity contribution >= 4 is 17.2 Å². The molecule has 0 fully saturated rings. The van der Waals surface area contributed by atoms with E-state index in [2.05, 4.69) is 25.8 Å². The van der Waals surface area contributed by atoms with E-state index in [0.29, 0.717) is 5.92 Å². The van der Waals surface area contributed by atoms with E-state index in [9.17, 15) is 4.79 Å². The van der Waals surface area contributed by atoms with Crippen molar-refractivity contribution < 1.29 is 4.79 Å². The maximum Gasteiger partial charge on any atom is 0.246 e. The molecule has 0 bridgehead atoms. The molecule has 0 radical (unpaired) electrons. The van der Waals surface area contributed by atoms with Crippen LogP contribution < -0.4 is 0 Å². The Bertz CT molecular complexity index is 506. The number of carbonyl (C=O) groups excluding carboxylic acids is 1. The molecule has 21 heavy (non-hydrogen) atoms. The summed E-state index contributed by atoms with van der Waals surface area (Å²) in [5.41, 5.74) is 1.04. The normalized spacial score (nSPS) is 13.4. The van der Waals surface area contributed by atoms with Crippen molar-refractivity contribution in [2.75, 3.05) is 27.7 Å². The van der Waals surface area contributed by atoms with Gasteiger partial charge in [-0.05, 0) is 27.9 Å². The quantitative estimate of drug-likeness (QED) is 0.757. The van der Waals surface area contributed by atoms with Crippen LogP contribution in [0.4, 0.5) is 0 Å². The van der Waals surface area contributed by atoms with E-state index >= 15 is 0 Å². The van der Waals surface area contributed by atoms with E-state index in [4.69, 9.17) is 0 Å². The first-order valence-corrected chi connectivity index (χ1v) is 8.11. The van der Waals surface area contributed by atoms with Gasteiger partial charge in [-0.25, -0.2) is 4.98 Å². The molecule has 0 N–H and O–H groups in total. The van der Waals surface area contributed by atoms with E-state index < -0.39 is 0 Å². The Balaban J connectivity index is 2.80. The second kappa shape index (κ2) is 7.71. The molecular formula is C16H27N3OS. The summed E-state index contributed by atoms with van der Waals surface area (Å²) in [5, 5.41) is 1.14. The number of likely N-dealkylation sites (N-methyl/N-ethyl adjacent to an activating group) is 2. The largest absolute Gasteiger partial charge is 0.335 e. The zero-order valence-electron chi connectivity index (χ0n) is 14.2. The van der Waals surface area contributed by atoms with Crippen LogP contribution in [0.2, 0.25) is 0 Å². The molecule has 118 valence electrons. The van der Waals surface area contributed by atoms with Crippen LogP contribution in [-0.4, -0.2) is 48.4 Å². The third-order valence-corrected chi connectivity index (χ3v) is 5.01. The number of rotatable bonds is 6. The molecule has 1 unspecified atom stereocenters. The molecule has 0 aromatic carbocycles. The zero-order valence-corrected chi connectivity index (χ0v) is 15.0. The number of thiazole rings is 1. The molecule has 0 aliphatic carbocycles. The molecular weight excluding hydrogens is 282 g/mol. The zero-order chi connectivity index (χ0) is 16.2. The predicted octanol–water partition coefficient (Wildman–Crippen LogP) is 3.21. The van der Waals surface area contributed by atoms with Gasteiger partial charge in [0.1, 0.15) is 0 Å². The molecule has 5 heteroatoms. The molecule has 0 aliphatic rings. The smallest absolute Gasteiger partial charge is 0.246 e. The number of amides is 1. The summed E-state index contributed by atoms with van der Waals surface area (Å²) in [4.78, 5) is 21.8. The van der Waals surface area contributed by atoms with Gasteiger partial charge in [-0.2, -0.15) is 0 Å². The Morgan fingerprint density at radius 1 is 1.29 bits per heavy atom. The van der Waals surface area contributed by atoms with Gasteiger partial charge in [0.05, 0.1) is 16.7 Å². The van der Waals surface area contributed by atoms with Gasteiger partial charge in [0, 0.05) is 30.5 Å². The van der Waals surface area contributed by atoms with Crippen molar-refractivity contribution in [3.63, 3.8) is 0 Å². The van der Waals surface area contributed by atoms with Crippen LogP contribution in [0, 0.1) is 6.92 Å². The van der Waals surface area contributed by atoms with Crippen LogP contribution in [0.1, 0.15) is 48.3 Å². The Kier molecular flexibility index (Phi) is 6.55. The van der Waals surface area contributed by atoms with Crippen LogP contribution in [0.5, 0.6) is 0 Å². The van der Waals surface area contributed by atoms with Gasteiger partial charge in [-0.3, -0.25) is 4.79 Å². The second-order valence-electron chi connectivity index (χ2n) is 5.95. The SMILES string of the molecule is Cc1nc(C(C)C)sc1C(C)N(C)C(=O)/C=C/CN(C)C. The van der Waals surface area contributed by atoms with Gasteiger partial charge in [-0.15, -0.1) is 11.3 Å². The summed E-state index contributed by atoms with van der Waals surface area (Å²) in [6.45, 7) is 9.14. The summed E-state index contributed by atoms with van der Waals surface area (Å²) in [6.07, 6.45) is 3.54. The average molecular weight is 309 g/mol. The van der Waals surface area contributed by atoms with Gasteiger partial charge >= 0.3 is 0 Å². The molecule has 1 aromatic rings. The van der Waals surface area contributed by atoms with Crippen molar-refractivity contribution in [3.8, 4) is 0 Å². The highest BCUT2D eigenvalue weighted by molar-refractivity contribution is 7.11. The van der Waals surface area contributed by atoms with Gasteiger partial charge in [0.2, 0.25) is 5.91 Å². The van der Waals surface area contributed by atoms with Crippen molar-refractivity contribution in [2.45, 2.75) is 39.7 Å². The highest BCUT2D eigenvalue weighted by Gasteiger charge is 2.21. The first kappa shape index (κ1) is 17.9. The van der Waals surface area contributed by atoms with Crippen LogP contribution in [0.15, 0.2) is 12.2 Å². The summed E-state index contributed by atoms with van der Waals surface area (Å²) in [7, 11) is 5.81. The van der Waals surface area contributed by atoms with Crippen molar-refractivity contribution in [1.82, 2.24) is 14.8 Å². The second-order valence-corrected chi connectivity index (χ2v) is 7.01. The predicted molar refractivity (Wildman–Crippen MR) is 89.8 cm³/mol. The maximum absolute atomic E-state index is 12.2. The highest BCUT2D eigenvalue weighted by atomic mass is 32.1. The van der Waals surface area contributed by atoms with Crippen molar-refractivity contribution in [1.29, 1.82) is 0 Å². The van der Waals surface area contributed by atoms with Crippen molar-refractivity contribution in [3.05, 3.63) is 27.7 Å². The molecule has 1 rings (SSSR count). The Labute approximate surface area is 132 Å². The van der Waals surface area contributed by atoms with Gasteiger partial charge in [0.15, 0.2) is 0 Å². The molecule has 0 spiro atoms. The fourth-order valence-electron chi connectivity index (χ4n) is 1.91. The van der Waals surface area contributed by atoms with E-state index in [1.54, 1.807) is 22.3 Å². The third-order valence-electron chi connectivity index (χ3n) is 3.38. The first-order valence-electron chi connectivity index (χ1n) is 7.29. The fraction of sp³-hybridized carbons (Fsp3) is 0.625. The number of hydrogen-bond donors (Lipinski definition) is 0. The first-order chi connectivity index (χ1) is 9.73. The summed E-state index contributed by atoms with van der Waals surface area (Å²) >= 11 is 1.71. The van der Waals surface area contributed by atoms with Crippen LogP contribution >= 0.6 is 11.3 Å².